The van der Waals surface area contributed by atoms with Crippen LogP contribution in [-0.4, -0.2) is 13.2 Å². The van der Waals surface area contributed by atoms with Crippen molar-refractivity contribution in [2.75, 3.05) is 13.2 Å². The summed E-state index contributed by atoms with van der Waals surface area (Å²) in [6, 6.07) is 4.90. The second kappa shape index (κ2) is 7.05. The van der Waals surface area contributed by atoms with E-state index < -0.39 is 0 Å². The van der Waals surface area contributed by atoms with E-state index in [0.717, 1.165) is 0 Å². The van der Waals surface area contributed by atoms with Crippen LogP contribution >= 0.6 is 0 Å². The number of rotatable bonds is 4. The summed E-state index contributed by atoms with van der Waals surface area (Å²) < 4.78 is 19.0. The molecule has 2 N–H and O–H groups in total. The molecular weight excluding hydrogens is 217 g/mol. The Kier molecular flexibility index (Phi) is 5.68. The number of halogens is 1. The minimum Gasteiger partial charge on any atom is -0.376 e. The fourth-order valence-electron chi connectivity index (χ4n) is 1.30. The van der Waals surface area contributed by atoms with Crippen molar-refractivity contribution in [3.63, 3.8) is 0 Å². The molecule has 1 aromatic rings. The molecule has 0 heterocycles. The van der Waals surface area contributed by atoms with Gasteiger partial charge in [-0.2, -0.15) is 0 Å². The molecule has 0 fully saturated rings. The average molecular weight is 235 g/mol. The number of benzene rings is 1. The quantitative estimate of drug-likeness (QED) is 0.813. The van der Waals surface area contributed by atoms with Crippen molar-refractivity contribution in [1.29, 1.82) is 0 Å². The molecule has 17 heavy (non-hydrogen) atoms. The molecule has 0 aliphatic heterocycles. The van der Waals surface area contributed by atoms with Crippen LogP contribution in [0.15, 0.2) is 18.2 Å². The van der Waals surface area contributed by atoms with Crippen LogP contribution in [0, 0.1) is 23.6 Å². The molecule has 0 spiro atoms. The monoisotopic (exact) mass is 235 g/mol. The van der Waals surface area contributed by atoms with Crippen molar-refractivity contribution in [2.45, 2.75) is 20.5 Å². The van der Waals surface area contributed by atoms with E-state index in [-0.39, 0.29) is 12.4 Å². The van der Waals surface area contributed by atoms with Crippen molar-refractivity contribution < 1.29 is 9.13 Å². The highest BCUT2D eigenvalue weighted by Crippen LogP contribution is 2.11. The topological polar surface area (TPSA) is 35.2 Å². The number of ether oxygens (including phenoxy) is 1. The van der Waals surface area contributed by atoms with E-state index in [9.17, 15) is 4.39 Å². The first kappa shape index (κ1) is 13.7. The van der Waals surface area contributed by atoms with Gasteiger partial charge in [0.15, 0.2) is 0 Å². The fraction of sp³-hybridized carbons (Fsp3) is 0.429. The molecule has 0 atom stereocenters. The Bertz CT molecular complexity index is 418. The predicted molar refractivity (Wildman–Crippen MR) is 66.8 cm³/mol. The molecule has 0 aliphatic rings. The van der Waals surface area contributed by atoms with Gasteiger partial charge in [0.1, 0.15) is 5.82 Å². The second-order valence-electron chi connectivity index (χ2n) is 4.22. The van der Waals surface area contributed by atoms with Crippen LogP contribution in [0.5, 0.6) is 0 Å². The average Bonchev–Trinajstić information content (AvgIpc) is 2.28. The van der Waals surface area contributed by atoms with Crippen molar-refractivity contribution in [3.8, 4) is 11.8 Å². The molecule has 0 unspecified atom stereocenters. The number of hydrogen-bond acceptors (Lipinski definition) is 2. The van der Waals surface area contributed by atoms with Crippen LogP contribution in [0.1, 0.15) is 25.0 Å². The molecule has 1 aromatic carbocycles. The van der Waals surface area contributed by atoms with E-state index in [1.165, 1.54) is 6.07 Å². The van der Waals surface area contributed by atoms with Gasteiger partial charge < -0.3 is 10.5 Å². The molecule has 0 amide bonds. The van der Waals surface area contributed by atoms with E-state index in [4.69, 9.17) is 10.5 Å². The Labute approximate surface area is 102 Å². The standard InChI is InChI=1S/C14H18FNO/c1-11(2)9-17-10-13-6-5-12(4-3-7-16)8-14(13)15/h5-6,8,11H,7,9-10,16H2,1-2H3. The van der Waals surface area contributed by atoms with Gasteiger partial charge in [0, 0.05) is 17.7 Å². The van der Waals surface area contributed by atoms with Crippen LogP contribution in [0.4, 0.5) is 4.39 Å². The summed E-state index contributed by atoms with van der Waals surface area (Å²) in [7, 11) is 0. The van der Waals surface area contributed by atoms with Crippen molar-refractivity contribution in [1.82, 2.24) is 0 Å². The zero-order valence-electron chi connectivity index (χ0n) is 10.3. The Morgan fingerprint density at radius 3 is 2.76 bits per heavy atom. The van der Waals surface area contributed by atoms with Crippen molar-refractivity contribution in [2.24, 2.45) is 11.7 Å². The van der Waals surface area contributed by atoms with Gasteiger partial charge in [0.2, 0.25) is 0 Å². The van der Waals surface area contributed by atoms with Gasteiger partial charge in [-0.25, -0.2) is 4.39 Å². The third-order valence-corrected chi connectivity index (χ3v) is 2.10. The lowest BCUT2D eigenvalue weighted by Gasteiger charge is -2.07. The van der Waals surface area contributed by atoms with Gasteiger partial charge in [-0.1, -0.05) is 31.8 Å². The van der Waals surface area contributed by atoms with Crippen LogP contribution in [0.2, 0.25) is 0 Å². The normalized spacial score (nSPS) is 10.2. The van der Waals surface area contributed by atoms with Crippen LogP contribution in [0.3, 0.4) is 0 Å². The maximum atomic E-state index is 13.6. The van der Waals surface area contributed by atoms with Crippen molar-refractivity contribution >= 4 is 0 Å². The first-order valence-corrected chi connectivity index (χ1v) is 5.68. The summed E-state index contributed by atoms with van der Waals surface area (Å²) in [5, 5.41) is 0. The molecule has 1 rings (SSSR count). The largest absolute Gasteiger partial charge is 0.376 e. The summed E-state index contributed by atoms with van der Waals surface area (Å²) in [4.78, 5) is 0. The lowest BCUT2D eigenvalue weighted by molar-refractivity contribution is 0.0950. The first-order chi connectivity index (χ1) is 8.13. The molecule has 0 aromatic heterocycles. The molecule has 0 radical (unpaired) electrons. The SMILES string of the molecule is CC(C)COCc1ccc(C#CCN)cc1F. The summed E-state index contributed by atoms with van der Waals surface area (Å²) in [5.74, 6) is 5.65. The lowest BCUT2D eigenvalue weighted by atomic mass is 10.1. The molecule has 2 nitrogen and oxygen atoms in total. The summed E-state index contributed by atoms with van der Waals surface area (Å²) in [6.45, 7) is 5.33. The maximum Gasteiger partial charge on any atom is 0.129 e. The number of hydrogen-bond donors (Lipinski definition) is 1. The maximum absolute atomic E-state index is 13.6. The van der Waals surface area contributed by atoms with Crippen LogP contribution < -0.4 is 5.73 Å². The summed E-state index contributed by atoms with van der Waals surface area (Å²) >= 11 is 0. The molecule has 0 saturated carbocycles. The van der Waals surface area contributed by atoms with Crippen LogP contribution in [0.25, 0.3) is 0 Å². The molecular formula is C14H18FNO. The Morgan fingerprint density at radius 2 is 2.18 bits per heavy atom. The zero-order valence-corrected chi connectivity index (χ0v) is 10.3. The Morgan fingerprint density at radius 1 is 1.41 bits per heavy atom. The minimum absolute atomic E-state index is 0.279. The van der Waals surface area contributed by atoms with E-state index in [1.807, 2.05) is 0 Å². The Balaban J connectivity index is 2.63. The molecule has 92 valence electrons. The second-order valence-corrected chi connectivity index (χ2v) is 4.22. The van der Waals surface area contributed by atoms with E-state index in [2.05, 4.69) is 25.7 Å². The van der Waals surface area contributed by atoms with E-state index >= 15 is 0 Å². The van der Waals surface area contributed by atoms with Gasteiger partial charge in [-0.05, 0) is 18.1 Å². The summed E-state index contributed by atoms with van der Waals surface area (Å²) in [5.41, 5.74) is 6.45. The van der Waals surface area contributed by atoms with Crippen LogP contribution in [-0.2, 0) is 11.3 Å². The summed E-state index contributed by atoms with van der Waals surface area (Å²) in [6.07, 6.45) is 0. The van der Waals surface area contributed by atoms with Gasteiger partial charge in [0.25, 0.3) is 0 Å². The molecule has 3 heteroatoms. The highest BCUT2D eigenvalue weighted by molar-refractivity contribution is 5.37. The van der Waals surface area contributed by atoms with E-state index in [1.54, 1.807) is 12.1 Å². The van der Waals surface area contributed by atoms with Gasteiger partial charge >= 0.3 is 0 Å². The minimum atomic E-state index is -0.280. The van der Waals surface area contributed by atoms with E-state index in [0.29, 0.717) is 30.3 Å². The third-order valence-electron chi connectivity index (χ3n) is 2.10. The highest BCUT2D eigenvalue weighted by atomic mass is 19.1. The third kappa shape index (κ3) is 4.99. The molecule has 0 aliphatic carbocycles. The number of nitrogens with two attached hydrogens (primary N) is 1. The van der Waals surface area contributed by atoms with Gasteiger partial charge in [-0.3, -0.25) is 0 Å². The smallest absolute Gasteiger partial charge is 0.129 e. The highest BCUT2D eigenvalue weighted by Gasteiger charge is 2.03. The van der Waals surface area contributed by atoms with Gasteiger partial charge in [-0.15, -0.1) is 0 Å². The first-order valence-electron chi connectivity index (χ1n) is 5.68. The predicted octanol–water partition coefficient (Wildman–Crippen LogP) is 2.31. The fourth-order valence-corrected chi connectivity index (χ4v) is 1.30. The van der Waals surface area contributed by atoms with Gasteiger partial charge in [0.05, 0.1) is 13.2 Å². The molecule has 0 saturated heterocycles. The zero-order chi connectivity index (χ0) is 12.7. The van der Waals surface area contributed by atoms with Crippen molar-refractivity contribution in [3.05, 3.63) is 35.1 Å². The Hall–Kier alpha value is -1.37. The lowest BCUT2D eigenvalue weighted by Crippen LogP contribution is -2.03. The molecule has 0 bridgehead atoms.